The Kier molecular flexibility index (Phi) is 7.32. The van der Waals surface area contributed by atoms with Gasteiger partial charge in [0.2, 0.25) is 0 Å². The summed E-state index contributed by atoms with van der Waals surface area (Å²) in [6, 6.07) is 5.51. The maximum atomic E-state index is 13.9. The van der Waals surface area contributed by atoms with Gasteiger partial charge in [-0.1, -0.05) is 12.1 Å². The van der Waals surface area contributed by atoms with Crippen molar-refractivity contribution in [3.05, 3.63) is 59.2 Å². The van der Waals surface area contributed by atoms with Gasteiger partial charge < -0.3 is 24.8 Å². The summed E-state index contributed by atoms with van der Waals surface area (Å²) in [6.45, 7) is -2.89. The average molecular weight is 496 g/mol. The van der Waals surface area contributed by atoms with Gasteiger partial charge in [0, 0.05) is 30.6 Å². The van der Waals surface area contributed by atoms with Crippen molar-refractivity contribution in [3.63, 3.8) is 0 Å². The van der Waals surface area contributed by atoms with E-state index in [-0.39, 0.29) is 36.6 Å². The van der Waals surface area contributed by atoms with Gasteiger partial charge in [0.1, 0.15) is 17.7 Å². The van der Waals surface area contributed by atoms with Gasteiger partial charge in [0.15, 0.2) is 11.5 Å². The van der Waals surface area contributed by atoms with Crippen LogP contribution in [0.2, 0.25) is 0 Å². The number of aliphatic carboxylic acids is 1. The van der Waals surface area contributed by atoms with Gasteiger partial charge >= 0.3 is 18.6 Å². The number of hydrogen-bond donors (Lipinski definition) is 2. The lowest BCUT2D eigenvalue weighted by Crippen LogP contribution is -2.45. The summed E-state index contributed by atoms with van der Waals surface area (Å²) in [5, 5.41) is 12.1. The zero-order valence-electron chi connectivity index (χ0n) is 18.6. The molecule has 0 radical (unpaired) electrons. The van der Waals surface area contributed by atoms with Gasteiger partial charge in [0.25, 0.3) is 0 Å². The molecule has 0 bridgehead atoms. The van der Waals surface area contributed by atoms with Crippen LogP contribution in [0.5, 0.6) is 11.5 Å². The molecular weight excluding hydrogens is 472 g/mol. The van der Waals surface area contributed by atoms with Gasteiger partial charge in [-0.15, -0.1) is 0 Å². The Bertz CT molecular complexity index is 1100. The third-order valence-electron chi connectivity index (χ3n) is 6.12. The third kappa shape index (κ3) is 6.14. The van der Waals surface area contributed by atoms with Crippen molar-refractivity contribution in [1.82, 2.24) is 10.2 Å². The minimum absolute atomic E-state index is 0.0335. The first-order valence-corrected chi connectivity index (χ1v) is 11.1. The Hall–Kier alpha value is -3.50. The van der Waals surface area contributed by atoms with Crippen LogP contribution in [0.25, 0.3) is 0 Å². The van der Waals surface area contributed by atoms with E-state index in [0.717, 1.165) is 23.8 Å². The number of amides is 2. The highest BCUT2D eigenvalue weighted by Gasteiger charge is 2.40. The number of halogens is 4. The molecule has 0 aromatic heterocycles. The van der Waals surface area contributed by atoms with Crippen LogP contribution >= 0.6 is 0 Å². The summed E-state index contributed by atoms with van der Waals surface area (Å²) in [6.07, 6.45) is 2.09. The number of rotatable bonds is 9. The molecule has 188 valence electrons. The van der Waals surface area contributed by atoms with Crippen molar-refractivity contribution in [3.8, 4) is 11.5 Å². The number of urea groups is 1. The van der Waals surface area contributed by atoms with Crippen molar-refractivity contribution < 1.29 is 41.7 Å². The minimum Gasteiger partial charge on any atom is -0.489 e. The van der Waals surface area contributed by atoms with Gasteiger partial charge in [-0.2, -0.15) is 8.78 Å². The van der Waals surface area contributed by atoms with Crippen LogP contribution in [0, 0.1) is 17.6 Å². The summed E-state index contributed by atoms with van der Waals surface area (Å²) in [5.41, 5.74) is 0.665. The normalized spacial score (nSPS) is 19.6. The van der Waals surface area contributed by atoms with Gasteiger partial charge in [0.05, 0.1) is 6.61 Å². The molecule has 2 fully saturated rings. The van der Waals surface area contributed by atoms with Crippen LogP contribution < -0.4 is 14.8 Å². The number of ether oxygens (including phenoxy) is 2. The zero-order valence-corrected chi connectivity index (χ0v) is 18.6. The monoisotopic (exact) mass is 496 g/mol. The zero-order chi connectivity index (χ0) is 25.1. The molecule has 1 saturated carbocycles. The van der Waals surface area contributed by atoms with E-state index in [9.17, 15) is 32.3 Å². The number of carboxylic acid groups (broad SMARTS) is 1. The van der Waals surface area contributed by atoms with E-state index < -0.39 is 42.2 Å². The maximum absolute atomic E-state index is 13.9. The highest BCUT2D eigenvalue weighted by atomic mass is 19.3. The second-order valence-corrected chi connectivity index (χ2v) is 8.67. The van der Waals surface area contributed by atoms with E-state index in [2.05, 4.69) is 10.1 Å². The van der Waals surface area contributed by atoms with E-state index in [0.29, 0.717) is 24.2 Å². The molecule has 1 aliphatic carbocycles. The summed E-state index contributed by atoms with van der Waals surface area (Å²) in [5.74, 6) is -2.82. The van der Waals surface area contributed by atoms with Crippen LogP contribution in [0.1, 0.15) is 36.3 Å². The van der Waals surface area contributed by atoms with E-state index in [4.69, 9.17) is 4.74 Å². The molecule has 2 unspecified atom stereocenters. The van der Waals surface area contributed by atoms with Gasteiger partial charge in [-0.3, -0.25) is 0 Å². The molecule has 35 heavy (non-hydrogen) atoms. The number of alkyl halides is 2. The largest absolute Gasteiger partial charge is 0.489 e. The summed E-state index contributed by atoms with van der Waals surface area (Å²) in [7, 11) is 0. The van der Waals surface area contributed by atoms with Gasteiger partial charge in [-0.25, -0.2) is 18.4 Å². The second-order valence-electron chi connectivity index (χ2n) is 8.67. The van der Waals surface area contributed by atoms with Gasteiger partial charge in [-0.05, 0) is 48.9 Å². The van der Waals surface area contributed by atoms with E-state index >= 15 is 0 Å². The fourth-order valence-electron chi connectivity index (χ4n) is 4.05. The molecule has 2 N–H and O–H groups in total. The van der Waals surface area contributed by atoms with Crippen LogP contribution in [0.4, 0.5) is 22.4 Å². The van der Waals surface area contributed by atoms with Crippen LogP contribution in [0.15, 0.2) is 36.4 Å². The first kappa shape index (κ1) is 24.6. The van der Waals surface area contributed by atoms with Crippen molar-refractivity contribution in [1.29, 1.82) is 0 Å². The number of carbonyl (C=O) groups excluding carboxylic acids is 1. The number of carbonyl (C=O) groups is 2. The quantitative estimate of drug-likeness (QED) is 0.499. The lowest BCUT2D eigenvalue weighted by molar-refractivity contribution is -0.141. The molecule has 1 aliphatic heterocycles. The van der Waals surface area contributed by atoms with E-state index in [1.54, 1.807) is 12.1 Å². The molecule has 0 spiro atoms. The van der Waals surface area contributed by atoms with Crippen LogP contribution in [0.3, 0.4) is 0 Å². The molecule has 1 heterocycles. The number of hydrogen-bond acceptors (Lipinski definition) is 4. The van der Waals surface area contributed by atoms with Crippen molar-refractivity contribution >= 4 is 12.0 Å². The van der Waals surface area contributed by atoms with Crippen LogP contribution in [-0.2, 0) is 11.3 Å². The molecule has 1 saturated heterocycles. The average Bonchev–Trinajstić information content (AvgIpc) is 3.52. The van der Waals surface area contributed by atoms with E-state index in [1.807, 2.05) is 0 Å². The van der Waals surface area contributed by atoms with Crippen molar-refractivity contribution in [2.75, 3.05) is 13.2 Å². The molecule has 2 aliphatic rings. The molecule has 2 aromatic rings. The molecule has 2 amide bonds. The summed E-state index contributed by atoms with van der Waals surface area (Å²) in [4.78, 5) is 25.7. The Morgan fingerprint density at radius 2 is 1.89 bits per heavy atom. The molecular formula is C24H24F4N2O5. The first-order chi connectivity index (χ1) is 16.7. The molecule has 2 aromatic carbocycles. The highest BCUT2D eigenvalue weighted by Crippen LogP contribution is 2.39. The summed E-state index contributed by atoms with van der Waals surface area (Å²) < 4.78 is 62.8. The van der Waals surface area contributed by atoms with Crippen LogP contribution in [-0.4, -0.2) is 47.8 Å². The SMILES string of the molecule is O=C(O)C1CC(c2ccc(OC(F)F)c(OCC3CC3)c2)CN1C(=O)NCc1ccc(F)cc1F. The Balaban J connectivity index is 1.47. The highest BCUT2D eigenvalue weighted by molar-refractivity contribution is 5.83. The lowest BCUT2D eigenvalue weighted by Gasteiger charge is -2.22. The molecule has 7 nitrogen and oxygen atoms in total. The third-order valence-corrected chi connectivity index (χ3v) is 6.12. The fourth-order valence-corrected chi connectivity index (χ4v) is 4.05. The maximum Gasteiger partial charge on any atom is 0.387 e. The summed E-state index contributed by atoms with van der Waals surface area (Å²) >= 11 is 0. The molecule has 4 rings (SSSR count). The number of nitrogens with zero attached hydrogens (tertiary/aromatic N) is 1. The topological polar surface area (TPSA) is 88.1 Å². The predicted octanol–water partition coefficient (Wildman–Crippen LogP) is 4.51. The molecule has 11 heteroatoms. The number of benzene rings is 2. The Morgan fingerprint density at radius 1 is 1.11 bits per heavy atom. The van der Waals surface area contributed by atoms with Crippen molar-refractivity contribution in [2.24, 2.45) is 5.92 Å². The standard InChI is InChI=1S/C24H24F4N2O5/c25-17-5-3-15(18(26)9-17)10-29-24(33)30-11-16(7-19(30)22(31)32)14-4-6-20(35-23(27)28)21(8-14)34-12-13-1-2-13/h3-6,8-9,13,16,19,23H,1-2,7,10-12H2,(H,29,33)(H,31,32). The fraction of sp³-hybridized carbons (Fsp3) is 0.417. The number of nitrogens with one attached hydrogen (secondary N) is 1. The number of carboxylic acids is 1. The molecule has 2 atom stereocenters. The predicted molar refractivity (Wildman–Crippen MR) is 115 cm³/mol. The smallest absolute Gasteiger partial charge is 0.387 e. The Labute approximate surface area is 198 Å². The first-order valence-electron chi connectivity index (χ1n) is 11.1. The number of likely N-dealkylation sites (tertiary alicyclic amines) is 1. The lowest BCUT2D eigenvalue weighted by atomic mass is 9.96. The van der Waals surface area contributed by atoms with E-state index in [1.165, 1.54) is 12.1 Å². The minimum atomic E-state index is -3.03. The second kappa shape index (κ2) is 10.4. The Morgan fingerprint density at radius 3 is 2.54 bits per heavy atom. The van der Waals surface area contributed by atoms with Crippen molar-refractivity contribution in [2.45, 2.75) is 44.4 Å².